The molecule has 2 N–H and O–H groups in total. The van der Waals surface area contributed by atoms with Crippen molar-refractivity contribution in [2.24, 2.45) is 0 Å². The number of aromatic nitrogens is 2. The van der Waals surface area contributed by atoms with E-state index in [9.17, 15) is 13.2 Å². The quantitative estimate of drug-likeness (QED) is 0.656. The molecule has 0 spiro atoms. The molecule has 1 rings (SSSR count). The fraction of sp³-hybridized carbons (Fsp3) is 0.500. The monoisotopic (exact) mass is 179 g/mol. The third-order valence-electron chi connectivity index (χ3n) is 1.59. The van der Waals surface area contributed by atoms with Gasteiger partial charge in [0, 0.05) is 0 Å². The van der Waals surface area contributed by atoms with E-state index in [0.717, 1.165) is 0 Å². The van der Waals surface area contributed by atoms with Crippen molar-refractivity contribution in [1.82, 2.24) is 9.78 Å². The number of anilines is 1. The number of nitrogen functional groups attached to an aromatic ring is 1. The molecule has 0 bridgehead atoms. The molecule has 68 valence electrons. The number of nitrogens with zero attached hydrogens (tertiary/aromatic N) is 2. The van der Waals surface area contributed by atoms with Crippen molar-refractivity contribution >= 4 is 5.69 Å². The van der Waals surface area contributed by atoms with Crippen molar-refractivity contribution in [1.29, 1.82) is 0 Å². The molecule has 12 heavy (non-hydrogen) atoms. The molecule has 0 aliphatic rings. The molecule has 1 aromatic rings. The number of hydrogen-bond donors (Lipinski definition) is 1. The first-order valence-corrected chi connectivity index (χ1v) is 3.23. The van der Waals surface area contributed by atoms with Crippen molar-refractivity contribution < 1.29 is 13.2 Å². The van der Waals surface area contributed by atoms with Crippen LogP contribution in [0.1, 0.15) is 11.4 Å². The fourth-order valence-electron chi connectivity index (χ4n) is 0.902. The number of aryl methyl sites for hydroxylation is 1. The maximum absolute atomic E-state index is 12.1. The summed E-state index contributed by atoms with van der Waals surface area (Å²) in [7, 11) is 0. The third-order valence-corrected chi connectivity index (χ3v) is 1.59. The highest BCUT2D eigenvalue weighted by Crippen LogP contribution is 2.27. The topological polar surface area (TPSA) is 43.8 Å². The van der Waals surface area contributed by atoms with Crippen LogP contribution in [0.4, 0.5) is 18.9 Å². The molecule has 0 radical (unpaired) electrons. The lowest BCUT2D eigenvalue weighted by Gasteiger charge is -2.07. The van der Waals surface area contributed by atoms with Crippen LogP contribution in [0.5, 0.6) is 0 Å². The van der Waals surface area contributed by atoms with Gasteiger partial charge in [-0.2, -0.15) is 9.78 Å². The van der Waals surface area contributed by atoms with Gasteiger partial charge in [-0.1, -0.05) is 0 Å². The van der Waals surface area contributed by atoms with Crippen molar-refractivity contribution in [2.75, 3.05) is 5.73 Å². The van der Waals surface area contributed by atoms with Crippen LogP contribution < -0.4 is 5.73 Å². The van der Waals surface area contributed by atoms with Gasteiger partial charge in [-0.15, -0.1) is 13.2 Å². The zero-order valence-electron chi connectivity index (χ0n) is 6.61. The highest BCUT2D eigenvalue weighted by atomic mass is 19.4. The Morgan fingerprint density at radius 2 is 1.83 bits per heavy atom. The average Bonchev–Trinajstić information content (AvgIpc) is 2.15. The summed E-state index contributed by atoms with van der Waals surface area (Å²) < 4.78 is 36.2. The Balaban J connectivity index is 3.28. The SMILES string of the molecule is Cc1nn(C(F)(F)F)c(C)c1N. The van der Waals surface area contributed by atoms with E-state index >= 15 is 0 Å². The van der Waals surface area contributed by atoms with Crippen LogP contribution in [0.15, 0.2) is 0 Å². The molecule has 0 unspecified atom stereocenters. The second kappa shape index (κ2) is 2.40. The molecule has 6 heteroatoms. The second-order valence-corrected chi connectivity index (χ2v) is 2.46. The van der Waals surface area contributed by atoms with E-state index in [1.807, 2.05) is 0 Å². The van der Waals surface area contributed by atoms with Crippen molar-refractivity contribution in [3.63, 3.8) is 0 Å². The standard InChI is InChI=1S/C6H8F3N3/c1-3-5(10)4(2)12(11-3)6(7,8)9/h10H2,1-2H3. The zero-order valence-corrected chi connectivity index (χ0v) is 6.61. The van der Waals surface area contributed by atoms with Crippen molar-refractivity contribution in [3.05, 3.63) is 11.4 Å². The van der Waals surface area contributed by atoms with Crippen molar-refractivity contribution in [2.45, 2.75) is 20.1 Å². The van der Waals surface area contributed by atoms with E-state index in [-0.39, 0.29) is 21.8 Å². The predicted molar refractivity (Wildman–Crippen MR) is 37.4 cm³/mol. The first-order valence-electron chi connectivity index (χ1n) is 3.23. The number of alkyl halides is 3. The molecule has 0 saturated heterocycles. The smallest absolute Gasteiger partial charge is 0.396 e. The summed E-state index contributed by atoms with van der Waals surface area (Å²) in [6.07, 6.45) is -4.48. The van der Waals surface area contributed by atoms with Gasteiger partial charge in [0.25, 0.3) is 0 Å². The Kier molecular flexibility index (Phi) is 1.78. The van der Waals surface area contributed by atoms with Crippen LogP contribution in [0.3, 0.4) is 0 Å². The van der Waals surface area contributed by atoms with Crippen molar-refractivity contribution in [3.8, 4) is 0 Å². The van der Waals surface area contributed by atoms with Crippen LogP contribution in [-0.2, 0) is 6.30 Å². The Morgan fingerprint density at radius 3 is 2.00 bits per heavy atom. The van der Waals surface area contributed by atoms with Gasteiger partial charge in [0.05, 0.1) is 17.1 Å². The van der Waals surface area contributed by atoms with Crippen LogP contribution >= 0.6 is 0 Å². The molecular weight excluding hydrogens is 171 g/mol. The number of nitrogens with two attached hydrogens (primary N) is 1. The summed E-state index contributed by atoms with van der Waals surface area (Å²) in [6.45, 7) is 2.72. The molecule has 1 heterocycles. The van der Waals surface area contributed by atoms with Gasteiger partial charge in [-0.3, -0.25) is 0 Å². The predicted octanol–water partition coefficient (Wildman–Crippen LogP) is 1.56. The van der Waals surface area contributed by atoms with E-state index in [2.05, 4.69) is 5.10 Å². The minimum absolute atomic E-state index is 0.0301. The van der Waals surface area contributed by atoms with Crippen LogP contribution in [-0.4, -0.2) is 9.78 Å². The van der Waals surface area contributed by atoms with Gasteiger partial charge < -0.3 is 5.73 Å². The third kappa shape index (κ3) is 1.24. The number of rotatable bonds is 0. The first-order chi connectivity index (χ1) is 5.34. The highest BCUT2D eigenvalue weighted by Gasteiger charge is 2.34. The normalized spacial score (nSPS) is 12.1. The maximum Gasteiger partial charge on any atom is 0.504 e. The van der Waals surface area contributed by atoms with Gasteiger partial charge >= 0.3 is 6.30 Å². The second-order valence-electron chi connectivity index (χ2n) is 2.46. The Labute approximate surface area is 67.0 Å². The molecule has 3 nitrogen and oxygen atoms in total. The minimum Gasteiger partial charge on any atom is -0.396 e. The molecule has 0 atom stereocenters. The zero-order chi connectivity index (χ0) is 9.52. The Morgan fingerprint density at radius 1 is 1.33 bits per heavy atom. The lowest BCUT2D eigenvalue weighted by Crippen LogP contribution is -2.19. The molecule has 0 aliphatic heterocycles. The number of hydrogen-bond acceptors (Lipinski definition) is 2. The molecule has 0 amide bonds. The van der Waals surface area contributed by atoms with E-state index in [1.54, 1.807) is 0 Å². The van der Waals surface area contributed by atoms with Gasteiger partial charge in [0.15, 0.2) is 0 Å². The van der Waals surface area contributed by atoms with E-state index in [1.165, 1.54) is 13.8 Å². The van der Waals surface area contributed by atoms with Gasteiger partial charge in [0.1, 0.15) is 0 Å². The summed E-state index contributed by atoms with van der Waals surface area (Å²) in [5.41, 5.74) is 5.54. The molecule has 0 fully saturated rings. The van der Waals surface area contributed by atoms with E-state index in [0.29, 0.717) is 0 Å². The van der Waals surface area contributed by atoms with Gasteiger partial charge in [-0.05, 0) is 13.8 Å². The Bertz CT molecular complexity index is 300. The minimum atomic E-state index is -4.48. The van der Waals surface area contributed by atoms with Crippen LogP contribution in [0, 0.1) is 13.8 Å². The summed E-state index contributed by atoms with van der Waals surface area (Å²) in [5, 5.41) is 3.25. The summed E-state index contributed by atoms with van der Waals surface area (Å²) in [4.78, 5) is 0. The lowest BCUT2D eigenvalue weighted by atomic mass is 10.3. The fourth-order valence-corrected chi connectivity index (χ4v) is 0.902. The van der Waals surface area contributed by atoms with Gasteiger partial charge in [0.2, 0.25) is 0 Å². The summed E-state index contributed by atoms with van der Waals surface area (Å²) in [6, 6.07) is 0. The summed E-state index contributed by atoms with van der Waals surface area (Å²) >= 11 is 0. The van der Waals surface area contributed by atoms with Crippen LogP contribution in [0.2, 0.25) is 0 Å². The molecule has 0 aromatic carbocycles. The molecule has 0 aliphatic carbocycles. The van der Waals surface area contributed by atoms with Gasteiger partial charge in [-0.25, -0.2) is 0 Å². The van der Waals surface area contributed by atoms with Crippen LogP contribution in [0.25, 0.3) is 0 Å². The molecule has 1 aromatic heterocycles. The maximum atomic E-state index is 12.1. The molecular formula is C6H8F3N3. The molecule has 0 saturated carbocycles. The van der Waals surface area contributed by atoms with E-state index < -0.39 is 6.30 Å². The first kappa shape index (κ1) is 8.89. The Hall–Kier alpha value is -1.20. The largest absolute Gasteiger partial charge is 0.504 e. The number of halogens is 3. The average molecular weight is 179 g/mol. The highest BCUT2D eigenvalue weighted by molar-refractivity contribution is 5.46. The summed E-state index contributed by atoms with van der Waals surface area (Å²) in [5.74, 6) is 0. The van der Waals surface area contributed by atoms with E-state index in [4.69, 9.17) is 5.73 Å². The lowest BCUT2D eigenvalue weighted by molar-refractivity contribution is -0.213.